The van der Waals surface area contributed by atoms with Crippen molar-refractivity contribution in [1.29, 1.82) is 0 Å². The monoisotopic (exact) mass is 261 g/mol. The molecule has 2 N–H and O–H groups in total. The lowest BCUT2D eigenvalue weighted by atomic mass is 10.2. The maximum atomic E-state index is 5.79. The van der Waals surface area contributed by atoms with E-state index in [2.05, 4.69) is 4.98 Å². The SMILES string of the molecule is COc1ccc(CN)c(OCCn2ccnc2C)c1. The lowest BCUT2D eigenvalue weighted by molar-refractivity contribution is 0.292. The Bertz CT molecular complexity index is 537. The van der Waals surface area contributed by atoms with Crippen molar-refractivity contribution in [2.24, 2.45) is 5.73 Å². The first-order chi connectivity index (χ1) is 9.24. The summed E-state index contributed by atoms with van der Waals surface area (Å²) in [5, 5.41) is 0. The van der Waals surface area contributed by atoms with Crippen LogP contribution in [0.4, 0.5) is 0 Å². The summed E-state index contributed by atoms with van der Waals surface area (Å²) in [5.74, 6) is 2.53. The van der Waals surface area contributed by atoms with Crippen molar-refractivity contribution in [3.05, 3.63) is 42.0 Å². The zero-order chi connectivity index (χ0) is 13.7. The Morgan fingerprint density at radius 2 is 2.21 bits per heavy atom. The van der Waals surface area contributed by atoms with E-state index in [4.69, 9.17) is 15.2 Å². The van der Waals surface area contributed by atoms with Crippen LogP contribution in [0.15, 0.2) is 30.6 Å². The number of nitrogens with two attached hydrogens (primary N) is 1. The highest BCUT2D eigenvalue weighted by Crippen LogP contribution is 2.24. The molecule has 5 nitrogen and oxygen atoms in total. The molecular formula is C14H19N3O2. The van der Waals surface area contributed by atoms with Crippen LogP contribution in [0.2, 0.25) is 0 Å². The molecule has 0 amide bonds. The van der Waals surface area contributed by atoms with E-state index >= 15 is 0 Å². The average molecular weight is 261 g/mol. The van der Waals surface area contributed by atoms with Gasteiger partial charge in [-0.3, -0.25) is 0 Å². The fraction of sp³-hybridized carbons (Fsp3) is 0.357. The molecule has 0 saturated heterocycles. The quantitative estimate of drug-likeness (QED) is 0.860. The van der Waals surface area contributed by atoms with Crippen molar-refractivity contribution in [1.82, 2.24) is 9.55 Å². The summed E-state index contributed by atoms with van der Waals surface area (Å²) in [6.07, 6.45) is 3.72. The van der Waals surface area contributed by atoms with Crippen LogP contribution >= 0.6 is 0 Å². The molecule has 0 aliphatic heterocycles. The van der Waals surface area contributed by atoms with Gasteiger partial charge in [-0.05, 0) is 13.0 Å². The van der Waals surface area contributed by atoms with Gasteiger partial charge in [-0.2, -0.15) is 0 Å². The second kappa shape index (κ2) is 6.24. The van der Waals surface area contributed by atoms with Crippen molar-refractivity contribution < 1.29 is 9.47 Å². The zero-order valence-electron chi connectivity index (χ0n) is 11.3. The van der Waals surface area contributed by atoms with Crippen LogP contribution in [0.1, 0.15) is 11.4 Å². The molecule has 19 heavy (non-hydrogen) atoms. The predicted octanol–water partition coefficient (Wildman–Crippen LogP) is 1.74. The number of imidazole rings is 1. The highest BCUT2D eigenvalue weighted by atomic mass is 16.5. The molecule has 0 spiro atoms. The third-order valence-electron chi connectivity index (χ3n) is 3.01. The molecule has 1 heterocycles. The summed E-state index contributed by atoms with van der Waals surface area (Å²) in [7, 11) is 1.64. The summed E-state index contributed by atoms with van der Waals surface area (Å²) in [4.78, 5) is 4.17. The summed E-state index contributed by atoms with van der Waals surface area (Å²) in [6, 6.07) is 5.68. The minimum absolute atomic E-state index is 0.448. The van der Waals surface area contributed by atoms with Crippen LogP contribution < -0.4 is 15.2 Å². The van der Waals surface area contributed by atoms with Gasteiger partial charge in [0.2, 0.25) is 0 Å². The van der Waals surface area contributed by atoms with Crippen LogP contribution in [-0.2, 0) is 13.1 Å². The summed E-state index contributed by atoms with van der Waals surface area (Å²) >= 11 is 0. The van der Waals surface area contributed by atoms with Crippen molar-refractivity contribution in [2.75, 3.05) is 13.7 Å². The van der Waals surface area contributed by atoms with Gasteiger partial charge in [0.15, 0.2) is 0 Å². The van der Waals surface area contributed by atoms with Crippen LogP contribution in [0.3, 0.4) is 0 Å². The lowest BCUT2D eigenvalue weighted by Crippen LogP contribution is -2.10. The molecule has 2 aromatic rings. The second-order valence-electron chi connectivity index (χ2n) is 4.19. The van der Waals surface area contributed by atoms with Crippen LogP contribution in [0, 0.1) is 6.92 Å². The van der Waals surface area contributed by atoms with E-state index < -0.39 is 0 Å². The third-order valence-corrected chi connectivity index (χ3v) is 3.01. The lowest BCUT2D eigenvalue weighted by Gasteiger charge is -2.12. The molecular weight excluding hydrogens is 242 g/mol. The Hall–Kier alpha value is -2.01. The minimum atomic E-state index is 0.448. The first-order valence-electron chi connectivity index (χ1n) is 6.22. The topological polar surface area (TPSA) is 62.3 Å². The summed E-state index contributed by atoms with van der Waals surface area (Å²) < 4.78 is 13.0. The molecule has 102 valence electrons. The summed E-state index contributed by atoms with van der Waals surface area (Å²) in [6.45, 7) is 3.74. The first kappa shape index (κ1) is 13.4. The van der Waals surface area contributed by atoms with Gasteiger partial charge in [0, 0.05) is 30.6 Å². The normalized spacial score (nSPS) is 10.5. The Balaban J connectivity index is 2.00. The van der Waals surface area contributed by atoms with Crippen molar-refractivity contribution in [2.45, 2.75) is 20.0 Å². The molecule has 0 saturated carbocycles. The molecule has 0 atom stereocenters. The fourth-order valence-electron chi connectivity index (χ4n) is 1.86. The zero-order valence-corrected chi connectivity index (χ0v) is 11.3. The van der Waals surface area contributed by atoms with Gasteiger partial charge in [-0.15, -0.1) is 0 Å². The molecule has 0 aliphatic rings. The minimum Gasteiger partial charge on any atom is -0.497 e. The van der Waals surface area contributed by atoms with Crippen LogP contribution in [0.5, 0.6) is 11.5 Å². The Labute approximate surface area is 113 Å². The van der Waals surface area contributed by atoms with E-state index in [1.54, 1.807) is 13.3 Å². The number of methoxy groups -OCH3 is 1. The number of benzene rings is 1. The Morgan fingerprint density at radius 3 is 2.84 bits per heavy atom. The molecule has 5 heteroatoms. The molecule has 0 radical (unpaired) electrons. The molecule has 1 aromatic carbocycles. The Kier molecular flexibility index (Phi) is 4.41. The Morgan fingerprint density at radius 1 is 1.37 bits per heavy atom. The van der Waals surface area contributed by atoms with Crippen molar-refractivity contribution >= 4 is 0 Å². The number of nitrogens with zero attached hydrogens (tertiary/aromatic N) is 2. The predicted molar refractivity (Wildman–Crippen MR) is 73.3 cm³/mol. The third kappa shape index (κ3) is 3.26. The van der Waals surface area contributed by atoms with Gasteiger partial charge in [-0.25, -0.2) is 4.98 Å². The van der Waals surface area contributed by atoms with Crippen molar-refractivity contribution in [3.8, 4) is 11.5 Å². The number of aromatic nitrogens is 2. The second-order valence-corrected chi connectivity index (χ2v) is 4.19. The van der Waals surface area contributed by atoms with Crippen LogP contribution in [-0.4, -0.2) is 23.3 Å². The van der Waals surface area contributed by atoms with Gasteiger partial charge in [0.25, 0.3) is 0 Å². The standard InChI is InChI=1S/C14H19N3O2/c1-11-16-5-6-17(11)7-8-19-14-9-13(18-2)4-3-12(14)10-15/h3-6,9H,7-8,10,15H2,1-2H3. The number of ether oxygens (including phenoxy) is 2. The maximum Gasteiger partial charge on any atom is 0.127 e. The molecule has 0 aliphatic carbocycles. The fourth-order valence-corrected chi connectivity index (χ4v) is 1.86. The maximum absolute atomic E-state index is 5.79. The van der Waals surface area contributed by atoms with E-state index in [1.165, 1.54) is 0 Å². The summed E-state index contributed by atoms with van der Waals surface area (Å²) in [5.41, 5.74) is 6.67. The smallest absolute Gasteiger partial charge is 0.127 e. The molecule has 0 bridgehead atoms. The molecule has 0 fully saturated rings. The molecule has 0 unspecified atom stereocenters. The van der Waals surface area contributed by atoms with E-state index in [0.717, 1.165) is 29.4 Å². The van der Waals surface area contributed by atoms with Gasteiger partial charge in [0.1, 0.15) is 23.9 Å². The highest BCUT2D eigenvalue weighted by Gasteiger charge is 2.05. The van der Waals surface area contributed by atoms with Gasteiger partial charge >= 0.3 is 0 Å². The number of rotatable bonds is 6. The average Bonchev–Trinajstić information content (AvgIpc) is 2.84. The van der Waals surface area contributed by atoms with E-state index in [1.807, 2.05) is 35.9 Å². The van der Waals surface area contributed by atoms with Crippen LogP contribution in [0.25, 0.3) is 0 Å². The van der Waals surface area contributed by atoms with E-state index in [-0.39, 0.29) is 0 Å². The van der Waals surface area contributed by atoms with Gasteiger partial charge in [-0.1, -0.05) is 6.07 Å². The van der Waals surface area contributed by atoms with Gasteiger partial charge in [0.05, 0.1) is 13.7 Å². The number of hydrogen-bond donors (Lipinski definition) is 1. The number of aryl methyl sites for hydroxylation is 1. The number of hydrogen-bond acceptors (Lipinski definition) is 4. The highest BCUT2D eigenvalue weighted by molar-refractivity contribution is 5.40. The van der Waals surface area contributed by atoms with E-state index in [0.29, 0.717) is 13.2 Å². The first-order valence-corrected chi connectivity index (χ1v) is 6.22. The van der Waals surface area contributed by atoms with Gasteiger partial charge < -0.3 is 19.8 Å². The largest absolute Gasteiger partial charge is 0.497 e. The van der Waals surface area contributed by atoms with E-state index in [9.17, 15) is 0 Å². The van der Waals surface area contributed by atoms with Crippen molar-refractivity contribution in [3.63, 3.8) is 0 Å². The molecule has 1 aromatic heterocycles. The molecule has 2 rings (SSSR count).